The van der Waals surface area contributed by atoms with Crippen molar-refractivity contribution >= 4 is 11.9 Å². The molecular weight excluding hydrogens is 246 g/mol. The lowest BCUT2D eigenvalue weighted by molar-refractivity contribution is -0.153. The molecule has 2 N–H and O–H groups in total. The van der Waals surface area contributed by atoms with Gasteiger partial charge in [0.05, 0.1) is 0 Å². The number of nitrogens with one attached hydrogen (secondary N) is 1. The van der Waals surface area contributed by atoms with Crippen LogP contribution < -0.4 is 5.32 Å². The summed E-state index contributed by atoms with van der Waals surface area (Å²) in [5, 5.41) is 12.0. The van der Waals surface area contributed by atoms with Crippen LogP contribution in [0, 0.1) is 0 Å². The van der Waals surface area contributed by atoms with Crippen molar-refractivity contribution in [3.63, 3.8) is 0 Å². The molecule has 0 saturated carbocycles. The average Bonchev–Trinajstić information content (AvgIpc) is 2.10. The highest BCUT2D eigenvalue weighted by Gasteiger charge is 2.39. The summed E-state index contributed by atoms with van der Waals surface area (Å²) in [5.74, 6) is -1.17. The molecule has 1 rings (SSSR count). The SMILES string of the molecule is CC1(C)CC(OC(=O)CCCC(=O)O)CC(C)(C)N1. The van der Waals surface area contributed by atoms with E-state index in [0.717, 1.165) is 12.8 Å². The number of piperidine rings is 1. The molecule has 0 bridgehead atoms. The van der Waals surface area contributed by atoms with E-state index in [0.29, 0.717) is 6.42 Å². The van der Waals surface area contributed by atoms with Gasteiger partial charge in [-0.25, -0.2) is 0 Å². The molecule has 0 aromatic rings. The zero-order valence-electron chi connectivity index (χ0n) is 12.3. The molecule has 1 aliphatic heterocycles. The fraction of sp³-hybridized carbons (Fsp3) is 0.857. The Morgan fingerprint density at radius 3 is 2.16 bits per heavy atom. The summed E-state index contributed by atoms with van der Waals surface area (Å²) < 4.78 is 5.47. The van der Waals surface area contributed by atoms with Crippen molar-refractivity contribution in [2.24, 2.45) is 0 Å². The van der Waals surface area contributed by atoms with Gasteiger partial charge in [-0.15, -0.1) is 0 Å². The minimum absolute atomic E-state index is 0.0122. The molecule has 0 aliphatic carbocycles. The third kappa shape index (κ3) is 6.05. The van der Waals surface area contributed by atoms with Gasteiger partial charge in [0.2, 0.25) is 0 Å². The van der Waals surface area contributed by atoms with Gasteiger partial charge in [0, 0.05) is 36.8 Å². The van der Waals surface area contributed by atoms with Crippen molar-refractivity contribution < 1.29 is 19.4 Å². The van der Waals surface area contributed by atoms with Gasteiger partial charge in [0.1, 0.15) is 6.10 Å². The number of carboxylic acids is 1. The highest BCUT2D eigenvalue weighted by molar-refractivity contribution is 5.71. The molecule has 1 aliphatic rings. The summed E-state index contributed by atoms with van der Waals surface area (Å²) in [4.78, 5) is 22.1. The Bertz CT molecular complexity index is 333. The van der Waals surface area contributed by atoms with Gasteiger partial charge in [-0.2, -0.15) is 0 Å². The molecule has 0 aromatic carbocycles. The summed E-state index contributed by atoms with van der Waals surface area (Å²) in [7, 11) is 0. The Morgan fingerprint density at radius 1 is 1.16 bits per heavy atom. The lowest BCUT2D eigenvalue weighted by Gasteiger charge is -2.45. The van der Waals surface area contributed by atoms with E-state index in [1.807, 2.05) is 0 Å². The zero-order chi connectivity index (χ0) is 14.7. The molecule has 1 heterocycles. The van der Waals surface area contributed by atoms with Gasteiger partial charge in [-0.05, 0) is 34.1 Å². The molecule has 19 heavy (non-hydrogen) atoms. The maximum atomic E-state index is 11.7. The molecule has 110 valence electrons. The van der Waals surface area contributed by atoms with Crippen molar-refractivity contribution in [3.05, 3.63) is 0 Å². The van der Waals surface area contributed by atoms with E-state index in [-0.39, 0.29) is 36.0 Å². The van der Waals surface area contributed by atoms with Crippen LogP contribution in [-0.4, -0.2) is 34.2 Å². The van der Waals surface area contributed by atoms with Gasteiger partial charge in [-0.3, -0.25) is 9.59 Å². The van der Waals surface area contributed by atoms with Crippen LogP contribution in [-0.2, 0) is 14.3 Å². The van der Waals surface area contributed by atoms with Crippen molar-refractivity contribution in [3.8, 4) is 0 Å². The van der Waals surface area contributed by atoms with Crippen LogP contribution in [0.1, 0.15) is 59.8 Å². The number of ether oxygens (including phenoxy) is 1. The third-order valence-corrected chi connectivity index (χ3v) is 3.22. The van der Waals surface area contributed by atoms with Crippen LogP contribution in [0.25, 0.3) is 0 Å². The number of hydrogen-bond donors (Lipinski definition) is 2. The molecular formula is C14H25NO4. The molecule has 1 saturated heterocycles. The molecule has 0 amide bonds. The van der Waals surface area contributed by atoms with Crippen LogP contribution in [0.2, 0.25) is 0 Å². The number of esters is 1. The number of carboxylic acid groups (broad SMARTS) is 1. The van der Waals surface area contributed by atoms with Crippen molar-refractivity contribution in [2.75, 3.05) is 0 Å². The lowest BCUT2D eigenvalue weighted by atomic mass is 9.81. The maximum Gasteiger partial charge on any atom is 0.306 e. The minimum atomic E-state index is -0.878. The number of hydrogen-bond acceptors (Lipinski definition) is 4. The molecule has 0 aromatic heterocycles. The second kappa shape index (κ2) is 5.90. The first-order valence-electron chi connectivity index (χ1n) is 6.80. The van der Waals surface area contributed by atoms with E-state index in [4.69, 9.17) is 9.84 Å². The summed E-state index contributed by atoms with van der Waals surface area (Å²) in [6.07, 6.45) is 1.99. The smallest absolute Gasteiger partial charge is 0.306 e. The van der Waals surface area contributed by atoms with Crippen molar-refractivity contribution in [1.29, 1.82) is 0 Å². The summed E-state index contributed by atoms with van der Waals surface area (Å²) in [6, 6.07) is 0. The largest absolute Gasteiger partial charge is 0.481 e. The monoisotopic (exact) mass is 271 g/mol. The quantitative estimate of drug-likeness (QED) is 0.749. The number of aliphatic carboxylic acids is 1. The molecule has 0 radical (unpaired) electrons. The van der Waals surface area contributed by atoms with Crippen LogP contribution in [0.4, 0.5) is 0 Å². The van der Waals surface area contributed by atoms with Crippen molar-refractivity contribution in [1.82, 2.24) is 5.32 Å². The molecule has 0 unspecified atom stereocenters. The Labute approximate surface area is 114 Å². The molecule has 5 nitrogen and oxygen atoms in total. The fourth-order valence-corrected chi connectivity index (χ4v) is 2.94. The summed E-state index contributed by atoms with van der Waals surface area (Å²) in [6.45, 7) is 8.39. The van der Waals surface area contributed by atoms with Gasteiger partial charge in [0.15, 0.2) is 0 Å². The second-order valence-electron chi connectivity index (χ2n) is 6.66. The molecule has 0 atom stereocenters. The van der Waals surface area contributed by atoms with E-state index in [2.05, 4.69) is 33.0 Å². The second-order valence-corrected chi connectivity index (χ2v) is 6.66. The predicted octanol–water partition coefficient (Wildman–Crippen LogP) is 2.09. The van der Waals surface area contributed by atoms with E-state index in [1.165, 1.54) is 0 Å². The highest BCUT2D eigenvalue weighted by Crippen LogP contribution is 2.30. The number of carbonyl (C=O) groups is 2. The Balaban J connectivity index is 2.43. The predicted molar refractivity (Wildman–Crippen MR) is 71.9 cm³/mol. The first-order chi connectivity index (χ1) is 8.60. The Hall–Kier alpha value is -1.10. The van der Waals surface area contributed by atoms with Gasteiger partial charge < -0.3 is 15.2 Å². The third-order valence-electron chi connectivity index (χ3n) is 3.22. The number of rotatable bonds is 5. The zero-order valence-corrected chi connectivity index (χ0v) is 12.3. The minimum Gasteiger partial charge on any atom is -0.481 e. The fourth-order valence-electron chi connectivity index (χ4n) is 2.94. The molecule has 1 fully saturated rings. The first kappa shape index (κ1) is 16.0. The Kier molecular flexibility index (Phi) is 4.96. The van der Waals surface area contributed by atoms with Gasteiger partial charge in [-0.1, -0.05) is 0 Å². The van der Waals surface area contributed by atoms with Crippen LogP contribution in [0.15, 0.2) is 0 Å². The first-order valence-corrected chi connectivity index (χ1v) is 6.80. The topological polar surface area (TPSA) is 75.6 Å². The number of carbonyl (C=O) groups excluding carboxylic acids is 1. The Morgan fingerprint density at radius 2 is 1.68 bits per heavy atom. The lowest BCUT2D eigenvalue weighted by Crippen LogP contribution is -2.59. The maximum absolute atomic E-state index is 11.7. The standard InChI is InChI=1S/C14H25NO4/c1-13(2)8-10(9-14(3,4)15-13)19-12(18)7-5-6-11(16)17/h10,15H,5-9H2,1-4H3,(H,16,17). The van der Waals surface area contributed by atoms with E-state index in [1.54, 1.807) is 0 Å². The van der Waals surface area contributed by atoms with E-state index >= 15 is 0 Å². The van der Waals surface area contributed by atoms with Crippen LogP contribution in [0.3, 0.4) is 0 Å². The normalized spacial score (nSPS) is 21.9. The van der Waals surface area contributed by atoms with Crippen LogP contribution >= 0.6 is 0 Å². The van der Waals surface area contributed by atoms with Gasteiger partial charge in [0.25, 0.3) is 0 Å². The summed E-state index contributed by atoms with van der Waals surface area (Å²) in [5.41, 5.74) is -0.123. The highest BCUT2D eigenvalue weighted by atomic mass is 16.5. The average molecular weight is 271 g/mol. The molecule has 0 spiro atoms. The van der Waals surface area contributed by atoms with E-state index in [9.17, 15) is 9.59 Å². The van der Waals surface area contributed by atoms with Gasteiger partial charge >= 0.3 is 11.9 Å². The van der Waals surface area contributed by atoms with Crippen molar-refractivity contribution in [2.45, 2.75) is 77.0 Å². The molecule has 5 heteroatoms. The van der Waals surface area contributed by atoms with Crippen LogP contribution in [0.5, 0.6) is 0 Å². The summed E-state index contributed by atoms with van der Waals surface area (Å²) >= 11 is 0. The van der Waals surface area contributed by atoms with E-state index < -0.39 is 5.97 Å².